The molecule has 0 heterocycles. The van der Waals surface area contributed by atoms with Crippen molar-refractivity contribution in [2.24, 2.45) is 5.16 Å². The SMILES string of the molecule is O=CC(=O)C=NOC(=O)OCC(c1ccccc1)c1ccccc1. The van der Waals surface area contributed by atoms with E-state index in [0.717, 1.165) is 11.1 Å². The van der Waals surface area contributed by atoms with Crippen LogP contribution in [0.3, 0.4) is 0 Å². The minimum atomic E-state index is -1.05. The number of carbonyl (C=O) groups is 3. The van der Waals surface area contributed by atoms with Gasteiger partial charge in [-0.3, -0.25) is 14.4 Å². The molecule has 122 valence electrons. The van der Waals surface area contributed by atoms with Crippen LogP contribution in [0.2, 0.25) is 0 Å². The molecule has 0 aromatic heterocycles. The van der Waals surface area contributed by atoms with E-state index >= 15 is 0 Å². The first-order valence-electron chi connectivity index (χ1n) is 7.17. The van der Waals surface area contributed by atoms with Crippen molar-refractivity contribution in [1.82, 2.24) is 0 Å². The summed E-state index contributed by atoms with van der Waals surface area (Å²) < 4.78 is 5.05. The molecule has 0 unspecified atom stereocenters. The first-order valence-corrected chi connectivity index (χ1v) is 7.17. The van der Waals surface area contributed by atoms with Crippen molar-refractivity contribution in [1.29, 1.82) is 0 Å². The third-order valence-corrected chi connectivity index (χ3v) is 3.20. The third kappa shape index (κ3) is 5.17. The molecule has 0 radical (unpaired) electrons. The van der Waals surface area contributed by atoms with Crippen molar-refractivity contribution < 1.29 is 24.0 Å². The topological polar surface area (TPSA) is 82.0 Å². The number of benzene rings is 2. The Bertz CT molecular complexity index is 673. The van der Waals surface area contributed by atoms with Crippen molar-refractivity contribution in [3.63, 3.8) is 0 Å². The molecule has 0 spiro atoms. The fourth-order valence-electron chi connectivity index (χ4n) is 2.09. The van der Waals surface area contributed by atoms with Crippen LogP contribution in [-0.2, 0) is 19.2 Å². The highest BCUT2D eigenvalue weighted by Crippen LogP contribution is 2.24. The molecule has 24 heavy (non-hydrogen) atoms. The molecule has 0 aliphatic rings. The molecular formula is C18H15NO5. The molecule has 0 saturated carbocycles. The Balaban J connectivity index is 2.02. The predicted molar refractivity (Wildman–Crippen MR) is 86.7 cm³/mol. The van der Waals surface area contributed by atoms with Crippen LogP contribution in [0.4, 0.5) is 4.79 Å². The van der Waals surface area contributed by atoms with Crippen LogP contribution in [-0.4, -0.2) is 31.0 Å². The number of aldehydes is 1. The molecule has 6 heteroatoms. The quantitative estimate of drug-likeness (QED) is 0.195. The van der Waals surface area contributed by atoms with Crippen molar-refractivity contribution in [2.75, 3.05) is 6.61 Å². The summed E-state index contributed by atoms with van der Waals surface area (Å²) in [6.45, 7) is 0.0456. The molecule has 2 aromatic rings. The zero-order valence-corrected chi connectivity index (χ0v) is 12.7. The van der Waals surface area contributed by atoms with Gasteiger partial charge in [-0.15, -0.1) is 0 Å². The summed E-state index contributed by atoms with van der Waals surface area (Å²) >= 11 is 0. The fourth-order valence-corrected chi connectivity index (χ4v) is 2.09. The van der Waals surface area contributed by atoms with Gasteiger partial charge in [-0.05, 0) is 11.1 Å². The van der Waals surface area contributed by atoms with Gasteiger partial charge in [-0.2, -0.15) is 0 Å². The Kier molecular flexibility index (Phi) is 6.40. The summed E-state index contributed by atoms with van der Waals surface area (Å²) in [4.78, 5) is 36.7. The number of hydrogen-bond donors (Lipinski definition) is 0. The van der Waals surface area contributed by atoms with Gasteiger partial charge >= 0.3 is 6.16 Å². The molecule has 0 saturated heterocycles. The Morgan fingerprint density at radius 2 is 1.50 bits per heavy atom. The van der Waals surface area contributed by atoms with Crippen LogP contribution in [0, 0.1) is 0 Å². The Morgan fingerprint density at radius 3 is 2.00 bits per heavy atom. The van der Waals surface area contributed by atoms with E-state index < -0.39 is 11.9 Å². The number of rotatable bonds is 7. The van der Waals surface area contributed by atoms with Crippen LogP contribution >= 0.6 is 0 Å². The van der Waals surface area contributed by atoms with Crippen LogP contribution in [0.1, 0.15) is 17.0 Å². The number of hydrogen-bond acceptors (Lipinski definition) is 6. The maximum Gasteiger partial charge on any atom is 0.535 e. The normalized spacial score (nSPS) is 10.5. The van der Waals surface area contributed by atoms with Crippen molar-refractivity contribution in [3.8, 4) is 0 Å². The number of Topliss-reactive ketones (excluding diaryl/α,β-unsaturated/α-hetero) is 1. The van der Waals surface area contributed by atoms with E-state index in [2.05, 4.69) is 9.99 Å². The summed E-state index contributed by atoms with van der Waals surface area (Å²) in [6, 6.07) is 19.2. The molecule has 0 fully saturated rings. The molecule has 0 bridgehead atoms. The van der Waals surface area contributed by atoms with Crippen molar-refractivity contribution in [2.45, 2.75) is 5.92 Å². The lowest BCUT2D eigenvalue weighted by atomic mass is 9.92. The number of ether oxygens (including phenoxy) is 1. The van der Waals surface area contributed by atoms with E-state index in [9.17, 15) is 14.4 Å². The van der Waals surface area contributed by atoms with Gasteiger partial charge in [0.25, 0.3) is 0 Å². The molecule has 2 aromatic carbocycles. The second-order valence-corrected chi connectivity index (χ2v) is 4.78. The predicted octanol–water partition coefficient (Wildman–Crippen LogP) is 2.73. The number of ketones is 1. The van der Waals surface area contributed by atoms with Crippen molar-refractivity contribution >= 4 is 24.4 Å². The van der Waals surface area contributed by atoms with Crippen LogP contribution < -0.4 is 0 Å². The molecule has 0 amide bonds. The van der Waals surface area contributed by atoms with E-state index in [1.165, 1.54) is 0 Å². The summed E-state index contributed by atoms with van der Waals surface area (Å²) in [6.07, 6.45) is -0.402. The zero-order valence-electron chi connectivity index (χ0n) is 12.7. The van der Waals surface area contributed by atoms with E-state index in [1.807, 2.05) is 60.7 Å². The smallest absolute Gasteiger partial charge is 0.432 e. The van der Waals surface area contributed by atoms with Gasteiger partial charge < -0.3 is 4.74 Å². The van der Waals surface area contributed by atoms with Crippen LogP contribution in [0.25, 0.3) is 0 Å². The average Bonchev–Trinajstić information content (AvgIpc) is 2.63. The molecular weight excluding hydrogens is 310 g/mol. The zero-order chi connectivity index (χ0) is 17.2. The average molecular weight is 325 g/mol. The van der Waals surface area contributed by atoms with Gasteiger partial charge in [-0.1, -0.05) is 65.8 Å². The van der Waals surface area contributed by atoms with Gasteiger partial charge in [0.15, 0.2) is 6.29 Å². The number of carbonyl (C=O) groups excluding carboxylic acids is 3. The van der Waals surface area contributed by atoms with Gasteiger partial charge in [-0.25, -0.2) is 4.79 Å². The van der Waals surface area contributed by atoms with Gasteiger partial charge in [0.1, 0.15) is 12.8 Å². The first kappa shape index (κ1) is 17.1. The minimum absolute atomic E-state index is 0.0456. The van der Waals surface area contributed by atoms with Gasteiger partial charge in [0.05, 0.1) is 0 Å². The van der Waals surface area contributed by atoms with E-state index in [0.29, 0.717) is 6.21 Å². The lowest BCUT2D eigenvalue weighted by molar-refractivity contribution is -0.125. The van der Waals surface area contributed by atoms with E-state index in [4.69, 9.17) is 4.74 Å². The highest BCUT2D eigenvalue weighted by atomic mass is 16.8. The van der Waals surface area contributed by atoms with Crippen LogP contribution in [0.5, 0.6) is 0 Å². The lowest BCUT2D eigenvalue weighted by Gasteiger charge is -2.17. The summed E-state index contributed by atoms with van der Waals surface area (Å²) in [5.74, 6) is -1.07. The maximum atomic E-state index is 11.5. The largest absolute Gasteiger partial charge is 0.535 e. The molecule has 0 atom stereocenters. The molecule has 2 rings (SSSR count). The Morgan fingerprint density at radius 1 is 0.958 bits per heavy atom. The minimum Gasteiger partial charge on any atom is -0.432 e. The maximum absolute atomic E-state index is 11.5. The molecule has 0 N–H and O–H groups in total. The summed E-state index contributed by atoms with van der Waals surface area (Å²) in [5.41, 5.74) is 1.97. The molecule has 0 aliphatic carbocycles. The standard InChI is InChI=1S/C18H15NO5/c20-12-16(21)11-19-24-18(22)23-13-17(14-7-3-1-4-8-14)15-9-5-2-6-10-15/h1-12,17H,13H2. The second kappa shape index (κ2) is 8.99. The summed E-state index contributed by atoms with van der Waals surface area (Å²) in [7, 11) is 0. The van der Waals surface area contributed by atoms with E-state index in [-0.39, 0.29) is 18.8 Å². The number of nitrogens with zero attached hydrogens (tertiary/aromatic N) is 1. The van der Waals surface area contributed by atoms with Crippen LogP contribution in [0.15, 0.2) is 65.8 Å². The Labute approximate surface area is 138 Å². The fraction of sp³-hybridized carbons (Fsp3) is 0.111. The molecule has 0 aliphatic heterocycles. The highest BCUT2D eigenvalue weighted by molar-refractivity contribution is 6.51. The second-order valence-electron chi connectivity index (χ2n) is 4.78. The third-order valence-electron chi connectivity index (χ3n) is 3.20. The van der Waals surface area contributed by atoms with Gasteiger partial charge in [0.2, 0.25) is 5.78 Å². The lowest BCUT2D eigenvalue weighted by Crippen LogP contribution is -2.14. The summed E-state index contributed by atoms with van der Waals surface area (Å²) in [5, 5.41) is 3.09. The van der Waals surface area contributed by atoms with Crippen molar-refractivity contribution in [3.05, 3.63) is 71.8 Å². The van der Waals surface area contributed by atoms with Gasteiger partial charge in [0, 0.05) is 5.92 Å². The molecule has 6 nitrogen and oxygen atoms in total. The monoisotopic (exact) mass is 325 g/mol. The highest BCUT2D eigenvalue weighted by Gasteiger charge is 2.17. The Hall–Kier alpha value is -3.28. The first-order chi connectivity index (χ1) is 11.7. The van der Waals surface area contributed by atoms with E-state index in [1.54, 1.807) is 0 Å². The number of oxime groups is 1.